The third-order valence-corrected chi connectivity index (χ3v) is 2.72. The smallest absolute Gasteiger partial charge is 0.339 e. The van der Waals surface area contributed by atoms with Gasteiger partial charge in [0.2, 0.25) is 5.91 Å². The summed E-state index contributed by atoms with van der Waals surface area (Å²) in [5.74, 6) is -0.746. The minimum atomic E-state index is -0.529. The molecule has 1 rings (SSSR count). The Kier molecular flexibility index (Phi) is 5.79. The van der Waals surface area contributed by atoms with Gasteiger partial charge in [-0.05, 0) is 31.5 Å². The monoisotopic (exact) mass is 284 g/mol. The van der Waals surface area contributed by atoms with Gasteiger partial charge in [0.15, 0.2) is 0 Å². The van der Waals surface area contributed by atoms with Gasteiger partial charge in [0.25, 0.3) is 0 Å². The minimum Gasteiger partial charge on any atom is -0.465 e. The van der Waals surface area contributed by atoms with Gasteiger partial charge in [0.1, 0.15) is 0 Å². The molecule has 5 nitrogen and oxygen atoms in total. The molecule has 0 heterocycles. The molecule has 1 atom stereocenters. The Labute approximate surface area is 117 Å². The van der Waals surface area contributed by atoms with Crippen LogP contribution in [0.1, 0.15) is 30.1 Å². The normalized spacial score (nSPS) is 11.8. The number of hydrogen-bond acceptors (Lipinski definition) is 4. The van der Waals surface area contributed by atoms with Crippen LogP contribution < -0.4 is 11.1 Å². The van der Waals surface area contributed by atoms with Crippen molar-refractivity contribution in [2.75, 3.05) is 12.4 Å². The second kappa shape index (κ2) is 7.11. The Bertz CT molecular complexity index is 475. The molecule has 1 aromatic carbocycles. The summed E-state index contributed by atoms with van der Waals surface area (Å²) in [6.45, 7) is 1.83. The summed E-state index contributed by atoms with van der Waals surface area (Å²) in [6.07, 6.45) is 0.852. The van der Waals surface area contributed by atoms with E-state index in [1.807, 2.05) is 6.92 Å². The number of esters is 1. The predicted molar refractivity (Wildman–Crippen MR) is 74.3 cm³/mol. The first-order valence-corrected chi connectivity index (χ1v) is 6.25. The molecule has 3 N–H and O–H groups in total. The fraction of sp³-hybridized carbons (Fsp3) is 0.385. The number of benzene rings is 1. The zero-order valence-electron chi connectivity index (χ0n) is 10.9. The molecular formula is C13H17ClN2O3. The van der Waals surface area contributed by atoms with Gasteiger partial charge in [-0.15, -0.1) is 0 Å². The first kappa shape index (κ1) is 15.5. The number of carbonyl (C=O) groups excluding carboxylic acids is 2. The SMILES string of the molecule is COC(=O)c1ccc(Cl)cc1NC(=O)CCC(C)N. The Hall–Kier alpha value is -1.59. The largest absolute Gasteiger partial charge is 0.465 e. The number of amides is 1. The molecule has 0 saturated carbocycles. The van der Waals surface area contributed by atoms with Crippen LogP contribution in [0.5, 0.6) is 0 Å². The van der Waals surface area contributed by atoms with Crippen molar-refractivity contribution >= 4 is 29.2 Å². The zero-order valence-corrected chi connectivity index (χ0v) is 11.7. The van der Waals surface area contributed by atoms with E-state index in [-0.39, 0.29) is 23.9 Å². The zero-order chi connectivity index (χ0) is 14.4. The van der Waals surface area contributed by atoms with E-state index in [4.69, 9.17) is 17.3 Å². The number of halogens is 1. The Morgan fingerprint density at radius 3 is 2.74 bits per heavy atom. The average molecular weight is 285 g/mol. The Balaban J connectivity index is 2.84. The van der Waals surface area contributed by atoms with Gasteiger partial charge in [-0.3, -0.25) is 4.79 Å². The number of nitrogens with one attached hydrogen (secondary N) is 1. The Morgan fingerprint density at radius 2 is 2.16 bits per heavy atom. The molecule has 1 amide bonds. The predicted octanol–water partition coefficient (Wildman–Crippen LogP) is 2.19. The van der Waals surface area contributed by atoms with Crippen LogP contribution in [0.3, 0.4) is 0 Å². The number of hydrogen-bond donors (Lipinski definition) is 2. The number of ether oxygens (including phenoxy) is 1. The van der Waals surface area contributed by atoms with E-state index in [9.17, 15) is 9.59 Å². The molecule has 6 heteroatoms. The van der Waals surface area contributed by atoms with Crippen molar-refractivity contribution < 1.29 is 14.3 Å². The number of anilines is 1. The third kappa shape index (κ3) is 4.89. The maximum absolute atomic E-state index is 11.7. The molecule has 0 radical (unpaired) electrons. The van der Waals surface area contributed by atoms with E-state index >= 15 is 0 Å². The van der Waals surface area contributed by atoms with E-state index in [0.717, 1.165) is 0 Å². The summed E-state index contributed by atoms with van der Waals surface area (Å²) in [6, 6.07) is 4.53. The molecule has 0 saturated heterocycles. The molecular weight excluding hydrogens is 268 g/mol. The summed E-state index contributed by atoms with van der Waals surface area (Å²) in [7, 11) is 1.28. The van der Waals surface area contributed by atoms with Crippen LogP contribution in [-0.2, 0) is 9.53 Å². The Morgan fingerprint density at radius 1 is 1.47 bits per heavy atom. The first-order valence-electron chi connectivity index (χ1n) is 5.87. The number of methoxy groups -OCH3 is 1. The molecule has 0 aromatic heterocycles. The van der Waals surface area contributed by atoms with Gasteiger partial charge >= 0.3 is 5.97 Å². The van der Waals surface area contributed by atoms with Crippen LogP contribution in [0.25, 0.3) is 0 Å². The highest BCUT2D eigenvalue weighted by molar-refractivity contribution is 6.31. The lowest BCUT2D eigenvalue weighted by atomic mass is 10.1. The second-order valence-corrected chi connectivity index (χ2v) is 4.68. The van der Waals surface area contributed by atoms with Gasteiger partial charge in [-0.2, -0.15) is 0 Å². The summed E-state index contributed by atoms with van der Waals surface area (Å²) >= 11 is 5.85. The fourth-order valence-electron chi connectivity index (χ4n) is 1.48. The lowest BCUT2D eigenvalue weighted by molar-refractivity contribution is -0.116. The van der Waals surface area contributed by atoms with Crippen molar-refractivity contribution in [3.05, 3.63) is 28.8 Å². The molecule has 0 aliphatic heterocycles. The highest BCUT2D eigenvalue weighted by Crippen LogP contribution is 2.22. The topological polar surface area (TPSA) is 81.4 Å². The van der Waals surface area contributed by atoms with Crippen LogP contribution in [0.15, 0.2) is 18.2 Å². The highest BCUT2D eigenvalue weighted by atomic mass is 35.5. The van der Waals surface area contributed by atoms with Gasteiger partial charge in [0.05, 0.1) is 18.4 Å². The van der Waals surface area contributed by atoms with Crippen LogP contribution >= 0.6 is 11.6 Å². The van der Waals surface area contributed by atoms with Crippen LogP contribution in [0.2, 0.25) is 5.02 Å². The van der Waals surface area contributed by atoms with Gasteiger partial charge in [0, 0.05) is 17.5 Å². The maximum atomic E-state index is 11.7. The summed E-state index contributed by atoms with van der Waals surface area (Å²) < 4.78 is 4.64. The lowest BCUT2D eigenvalue weighted by Crippen LogP contribution is -2.20. The standard InChI is InChI=1S/C13H17ClN2O3/c1-8(15)3-6-12(17)16-11-7-9(14)4-5-10(11)13(18)19-2/h4-5,7-8H,3,6,15H2,1-2H3,(H,16,17). The number of nitrogens with two attached hydrogens (primary N) is 1. The fourth-order valence-corrected chi connectivity index (χ4v) is 1.65. The molecule has 0 aliphatic carbocycles. The lowest BCUT2D eigenvalue weighted by Gasteiger charge is -2.11. The maximum Gasteiger partial charge on any atom is 0.339 e. The van der Waals surface area contributed by atoms with Crippen molar-refractivity contribution in [2.24, 2.45) is 5.73 Å². The van der Waals surface area contributed by atoms with Crippen molar-refractivity contribution in [3.63, 3.8) is 0 Å². The van der Waals surface area contributed by atoms with E-state index < -0.39 is 5.97 Å². The second-order valence-electron chi connectivity index (χ2n) is 4.25. The van der Waals surface area contributed by atoms with E-state index in [0.29, 0.717) is 17.1 Å². The molecule has 0 aliphatic rings. The molecule has 104 valence electrons. The van der Waals surface area contributed by atoms with Crippen molar-refractivity contribution in [2.45, 2.75) is 25.8 Å². The molecule has 1 aromatic rings. The van der Waals surface area contributed by atoms with Gasteiger partial charge in [-0.1, -0.05) is 11.6 Å². The quantitative estimate of drug-likeness (QED) is 0.812. The van der Waals surface area contributed by atoms with Gasteiger partial charge < -0.3 is 15.8 Å². The number of carbonyl (C=O) groups is 2. The molecule has 0 bridgehead atoms. The summed E-state index contributed by atoms with van der Waals surface area (Å²) in [5.41, 5.74) is 6.19. The van der Waals surface area contributed by atoms with Crippen molar-refractivity contribution in [1.29, 1.82) is 0 Å². The van der Waals surface area contributed by atoms with Crippen molar-refractivity contribution in [1.82, 2.24) is 0 Å². The molecule has 0 spiro atoms. The molecule has 19 heavy (non-hydrogen) atoms. The van der Waals surface area contributed by atoms with E-state index in [1.165, 1.54) is 19.2 Å². The number of rotatable bonds is 5. The summed E-state index contributed by atoms with van der Waals surface area (Å²) in [5, 5.41) is 3.07. The van der Waals surface area contributed by atoms with Crippen LogP contribution in [0.4, 0.5) is 5.69 Å². The summed E-state index contributed by atoms with van der Waals surface area (Å²) in [4.78, 5) is 23.3. The van der Waals surface area contributed by atoms with Gasteiger partial charge in [-0.25, -0.2) is 4.79 Å². The minimum absolute atomic E-state index is 0.0508. The first-order chi connectivity index (χ1) is 8.93. The van der Waals surface area contributed by atoms with Crippen LogP contribution in [-0.4, -0.2) is 25.0 Å². The average Bonchev–Trinajstić information content (AvgIpc) is 2.35. The van der Waals surface area contributed by atoms with Crippen LogP contribution in [0, 0.1) is 0 Å². The van der Waals surface area contributed by atoms with E-state index in [2.05, 4.69) is 10.1 Å². The third-order valence-electron chi connectivity index (χ3n) is 2.49. The van der Waals surface area contributed by atoms with E-state index in [1.54, 1.807) is 6.07 Å². The van der Waals surface area contributed by atoms with Crippen molar-refractivity contribution in [3.8, 4) is 0 Å². The molecule has 1 unspecified atom stereocenters. The molecule has 0 fully saturated rings. The highest BCUT2D eigenvalue weighted by Gasteiger charge is 2.14.